The summed E-state index contributed by atoms with van der Waals surface area (Å²) in [5, 5.41) is 19.7. The topological polar surface area (TPSA) is 127 Å². The summed E-state index contributed by atoms with van der Waals surface area (Å²) in [6, 6.07) is 0. The molecule has 17 heteroatoms. The zero-order valence-electron chi connectivity index (χ0n) is 19.1. The lowest BCUT2D eigenvalue weighted by molar-refractivity contribution is -0.139. The second-order valence-electron chi connectivity index (χ2n) is 5.82. The Morgan fingerprint density at radius 1 is 0.657 bits per heavy atom. The van der Waals surface area contributed by atoms with E-state index in [0.717, 1.165) is 21.9 Å². The van der Waals surface area contributed by atoms with Crippen LogP contribution in [-0.2, 0) is 34.7 Å². The molecular weight excluding hydrogens is 633 g/mol. The first kappa shape index (κ1) is 36.5. The predicted molar refractivity (Wildman–Crippen MR) is 164 cm³/mol. The third-order valence-corrected chi connectivity index (χ3v) is 13.5. The number of thioether (sulfide) groups is 8. The van der Waals surface area contributed by atoms with Crippen LogP contribution in [0.4, 0.5) is 0 Å². The van der Waals surface area contributed by atoms with Gasteiger partial charge in [-0.3, -0.25) is 18.6 Å². The van der Waals surface area contributed by atoms with Gasteiger partial charge in [0.25, 0.3) is 0 Å². The number of hydrogen-bond acceptors (Lipinski definition) is 16. The Bertz CT molecular complexity index is 586. The largest absolute Gasteiger partial charge is 0.454 e. The number of aliphatic hydroxyl groups excluding tert-OH is 2. The zero-order chi connectivity index (χ0) is 26.0. The van der Waals surface area contributed by atoms with Gasteiger partial charge >= 0.3 is 11.9 Å². The van der Waals surface area contributed by atoms with Crippen LogP contribution >= 0.6 is 94.1 Å². The summed E-state index contributed by atoms with van der Waals surface area (Å²) in [4.78, 5) is 35.0. The Hall–Kier alpha value is 1.48. The molecule has 0 amide bonds. The van der Waals surface area contributed by atoms with Gasteiger partial charge in [-0.15, -0.1) is 82.3 Å². The van der Waals surface area contributed by atoms with Crippen LogP contribution in [0.25, 0.3) is 0 Å². The van der Waals surface area contributed by atoms with E-state index in [4.69, 9.17) is 19.7 Å². The van der Waals surface area contributed by atoms with Crippen LogP contribution in [0.2, 0.25) is 0 Å². The summed E-state index contributed by atoms with van der Waals surface area (Å²) in [6.45, 7) is 0.279. The minimum absolute atomic E-state index is 0.0323. The molecule has 8 nitrogen and oxygen atoms in total. The fourth-order valence-corrected chi connectivity index (χ4v) is 10.4. The fourth-order valence-electron chi connectivity index (χ4n) is 1.59. The number of carbonyl (C=O) groups is 3. The normalized spacial score (nSPS) is 11.8. The van der Waals surface area contributed by atoms with E-state index in [0.29, 0.717) is 39.1 Å². The van der Waals surface area contributed by atoms with Crippen molar-refractivity contribution < 1.29 is 38.3 Å². The molecule has 0 heterocycles. The Labute approximate surface area is 244 Å². The standard InChI is InChI=1S/C18H32O8S9/c19-1-3-28-12-31-10-25-16(21)7-27-5-6-35(24)15-33-14-34-18(23)9-30-8-17(22)26-11-32-13-29-4-2-20/h19-20H,1-15H2. The highest BCUT2D eigenvalue weighted by Gasteiger charge is 2.09. The smallest absolute Gasteiger partial charge is 0.316 e. The molecule has 0 aliphatic carbocycles. The average Bonchev–Trinajstić information content (AvgIpc) is 2.84. The van der Waals surface area contributed by atoms with Gasteiger partial charge in [0.2, 0.25) is 0 Å². The molecule has 35 heavy (non-hydrogen) atoms. The highest BCUT2D eigenvalue weighted by Crippen LogP contribution is 2.18. The van der Waals surface area contributed by atoms with Crippen molar-refractivity contribution in [1.82, 2.24) is 0 Å². The molecule has 2 N–H and O–H groups in total. The summed E-state index contributed by atoms with van der Waals surface area (Å²) < 4.78 is 22.1. The van der Waals surface area contributed by atoms with Gasteiger partial charge in [-0.25, -0.2) is 0 Å². The summed E-state index contributed by atoms with van der Waals surface area (Å²) in [5.74, 6) is 2.91. The SMILES string of the molecule is O=C(CSCCS(=O)CSCSC(=O)CSCC(=O)OCSCSCCO)OCSCSCCO. The summed E-state index contributed by atoms with van der Waals surface area (Å²) >= 11 is 11.3. The van der Waals surface area contributed by atoms with Gasteiger partial charge in [-0.2, -0.15) is 0 Å². The number of aliphatic hydroxyl groups is 2. The molecule has 0 aliphatic rings. The molecule has 0 spiro atoms. The first-order valence-corrected chi connectivity index (χ1v) is 20.6. The van der Waals surface area contributed by atoms with Crippen LogP contribution in [-0.4, -0.2) is 117 Å². The Balaban J connectivity index is 3.51. The highest BCUT2D eigenvalue weighted by molar-refractivity contribution is 8.26. The molecule has 0 aromatic rings. The lowest BCUT2D eigenvalue weighted by atomic mass is 10.8. The van der Waals surface area contributed by atoms with Crippen molar-refractivity contribution in [2.45, 2.75) is 0 Å². The third kappa shape index (κ3) is 28.3. The van der Waals surface area contributed by atoms with E-state index in [9.17, 15) is 18.6 Å². The van der Waals surface area contributed by atoms with E-state index in [1.165, 1.54) is 58.8 Å². The van der Waals surface area contributed by atoms with Crippen LogP contribution in [0.1, 0.15) is 0 Å². The number of esters is 2. The number of carbonyl (C=O) groups excluding carboxylic acids is 3. The second-order valence-corrected chi connectivity index (χ2v) is 17.0. The Kier molecular flexibility index (Phi) is 29.7. The molecule has 1 atom stereocenters. The molecule has 0 aromatic carbocycles. The van der Waals surface area contributed by atoms with Crippen LogP contribution in [0.3, 0.4) is 0 Å². The first-order valence-electron chi connectivity index (χ1n) is 10.1. The number of rotatable bonds is 25. The van der Waals surface area contributed by atoms with E-state index in [2.05, 4.69) is 0 Å². The van der Waals surface area contributed by atoms with Crippen LogP contribution in [0.5, 0.6) is 0 Å². The van der Waals surface area contributed by atoms with Crippen molar-refractivity contribution in [2.24, 2.45) is 0 Å². The molecular formula is C18H32O8S9. The monoisotopic (exact) mass is 664 g/mol. The first-order chi connectivity index (χ1) is 17.0. The van der Waals surface area contributed by atoms with Gasteiger partial charge in [0.05, 0.1) is 35.6 Å². The average molecular weight is 665 g/mol. The third-order valence-electron chi connectivity index (χ3n) is 3.04. The minimum atomic E-state index is -1.02. The van der Waals surface area contributed by atoms with Gasteiger partial charge in [-0.1, -0.05) is 11.8 Å². The van der Waals surface area contributed by atoms with E-state index in [-0.39, 0.29) is 53.5 Å². The van der Waals surface area contributed by atoms with Crippen molar-refractivity contribution in [1.29, 1.82) is 0 Å². The molecule has 1 unspecified atom stereocenters. The molecule has 0 saturated carbocycles. The molecule has 0 rings (SSSR count). The van der Waals surface area contributed by atoms with Gasteiger partial charge in [0.1, 0.15) is 11.9 Å². The molecule has 0 saturated heterocycles. The van der Waals surface area contributed by atoms with E-state index < -0.39 is 10.8 Å². The summed E-state index contributed by atoms with van der Waals surface area (Å²) in [5.41, 5.74) is 0. The molecule has 0 radical (unpaired) electrons. The zero-order valence-corrected chi connectivity index (χ0v) is 26.5. The predicted octanol–water partition coefficient (Wildman–Crippen LogP) is 2.94. The maximum absolute atomic E-state index is 12.0. The van der Waals surface area contributed by atoms with Gasteiger partial charge < -0.3 is 19.7 Å². The lowest BCUT2D eigenvalue weighted by Gasteiger charge is -2.05. The Morgan fingerprint density at radius 3 is 1.80 bits per heavy atom. The molecule has 0 aromatic heterocycles. The van der Waals surface area contributed by atoms with E-state index in [1.54, 1.807) is 23.5 Å². The molecule has 0 fully saturated rings. The summed E-state index contributed by atoms with van der Waals surface area (Å²) in [7, 11) is -1.02. The molecule has 0 aliphatic heterocycles. The summed E-state index contributed by atoms with van der Waals surface area (Å²) in [6.07, 6.45) is 0. The number of hydrogen-bond donors (Lipinski definition) is 2. The molecule has 206 valence electrons. The minimum Gasteiger partial charge on any atom is -0.454 e. The van der Waals surface area contributed by atoms with E-state index >= 15 is 0 Å². The number of ether oxygens (including phenoxy) is 2. The van der Waals surface area contributed by atoms with Crippen LogP contribution in [0, 0.1) is 0 Å². The molecule has 0 bridgehead atoms. The van der Waals surface area contributed by atoms with Crippen molar-refractivity contribution in [3.05, 3.63) is 0 Å². The van der Waals surface area contributed by atoms with E-state index in [1.807, 2.05) is 0 Å². The van der Waals surface area contributed by atoms with Gasteiger partial charge in [0.15, 0.2) is 5.12 Å². The second kappa shape index (κ2) is 28.5. The van der Waals surface area contributed by atoms with Crippen molar-refractivity contribution in [3.63, 3.8) is 0 Å². The maximum Gasteiger partial charge on any atom is 0.316 e. The van der Waals surface area contributed by atoms with Gasteiger partial charge in [0, 0.05) is 49.1 Å². The van der Waals surface area contributed by atoms with Crippen molar-refractivity contribution in [3.8, 4) is 0 Å². The maximum atomic E-state index is 12.0. The lowest BCUT2D eigenvalue weighted by Crippen LogP contribution is -2.10. The quantitative estimate of drug-likeness (QED) is 0.0843. The van der Waals surface area contributed by atoms with Crippen LogP contribution < -0.4 is 0 Å². The highest BCUT2D eigenvalue weighted by atomic mass is 32.2. The van der Waals surface area contributed by atoms with Crippen LogP contribution in [0.15, 0.2) is 0 Å². The fraction of sp³-hybridized carbons (Fsp3) is 0.833. The Morgan fingerprint density at radius 2 is 1.23 bits per heavy atom. The van der Waals surface area contributed by atoms with Crippen molar-refractivity contribution in [2.75, 3.05) is 85.7 Å². The van der Waals surface area contributed by atoms with Gasteiger partial charge in [-0.05, 0) is 0 Å². The van der Waals surface area contributed by atoms with Crippen molar-refractivity contribution >= 4 is 122 Å².